The molecule has 0 bridgehead atoms. The SMILES string of the molecule is O=C(O)CC1COCCC1NC(=O)/C=C/CNC(=O)OCC1c2ccccc2-c2ccccc21. The van der Waals surface area contributed by atoms with Crippen LogP contribution in [0.3, 0.4) is 0 Å². The van der Waals surface area contributed by atoms with Crippen LogP contribution in [0.1, 0.15) is 29.9 Å². The highest BCUT2D eigenvalue weighted by Crippen LogP contribution is 2.44. The van der Waals surface area contributed by atoms with Crippen LogP contribution in [0.2, 0.25) is 0 Å². The van der Waals surface area contributed by atoms with Crippen LogP contribution in [0.25, 0.3) is 11.1 Å². The highest BCUT2D eigenvalue weighted by Gasteiger charge is 2.29. The molecule has 1 aliphatic heterocycles. The number of carboxylic acid groups (broad SMARTS) is 1. The predicted molar refractivity (Wildman–Crippen MR) is 125 cm³/mol. The molecule has 8 nitrogen and oxygen atoms in total. The molecule has 0 spiro atoms. The maximum atomic E-state index is 12.2. The minimum absolute atomic E-state index is 0.0160. The van der Waals surface area contributed by atoms with Gasteiger partial charge in [-0.1, -0.05) is 54.6 Å². The third-order valence-electron chi connectivity index (χ3n) is 6.22. The molecule has 0 saturated carbocycles. The fraction of sp³-hybridized carbons (Fsp3) is 0.346. The van der Waals surface area contributed by atoms with Gasteiger partial charge in [0.05, 0.1) is 13.0 Å². The second kappa shape index (κ2) is 11.0. The van der Waals surface area contributed by atoms with Gasteiger partial charge in [-0.05, 0) is 28.7 Å². The minimum Gasteiger partial charge on any atom is -0.481 e. The largest absolute Gasteiger partial charge is 0.481 e. The molecule has 1 fully saturated rings. The Balaban J connectivity index is 1.23. The molecular formula is C26H28N2O6. The molecule has 0 radical (unpaired) electrons. The Kier molecular flexibility index (Phi) is 7.59. The zero-order valence-corrected chi connectivity index (χ0v) is 18.7. The van der Waals surface area contributed by atoms with Crippen molar-refractivity contribution in [3.63, 3.8) is 0 Å². The van der Waals surface area contributed by atoms with Gasteiger partial charge in [-0.15, -0.1) is 0 Å². The first-order valence-electron chi connectivity index (χ1n) is 11.4. The number of carboxylic acids is 1. The molecule has 8 heteroatoms. The van der Waals surface area contributed by atoms with Crippen LogP contribution in [0.15, 0.2) is 60.7 Å². The van der Waals surface area contributed by atoms with Gasteiger partial charge in [0.25, 0.3) is 0 Å². The molecule has 1 heterocycles. The Hall–Kier alpha value is -3.65. The van der Waals surface area contributed by atoms with E-state index in [1.165, 1.54) is 12.2 Å². The van der Waals surface area contributed by atoms with E-state index in [0.717, 1.165) is 22.3 Å². The number of hydrogen-bond acceptors (Lipinski definition) is 5. The first-order chi connectivity index (χ1) is 16.5. The highest BCUT2D eigenvalue weighted by atomic mass is 16.5. The van der Waals surface area contributed by atoms with Crippen LogP contribution in [0, 0.1) is 5.92 Å². The van der Waals surface area contributed by atoms with Gasteiger partial charge in [0.15, 0.2) is 0 Å². The molecule has 34 heavy (non-hydrogen) atoms. The van der Waals surface area contributed by atoms with Gasteiger partial charge in [-0.3, -0.25) is 9.59 Å². The van der Waals surface area contributed by atoms with Crippen molar-refractivity contribution in [3.05, 3.63) is 71.8 Å². The summed E-state index contributed by atoms with van der Waals surface area (Å²) in [7, 11) is 0. The maximum Gasteiger partial charge on any atom is 0.407 e. The topological polar surface area (TPSA) is 114 Å². The molecule has 2 aliphatic rings. The molecule has 2 amide bonds. The van der Waals surface area contributed by atoms with Crippen molar-refractivity contribution in [1.82, 2.24) is 10.6 Å². The summed E-state index contributed by atoms with van der Waals surface area (Å²) < 4.78 is 10.8. The lowest BCUT2D eigenvalue weighted by molar-refractivity contribution is -0.140. The van der Waals surface area contributed by atoms with E-state index in [-0.39, 0.29) is 43.4 Å². The van der Waals surface area contributed by atoms with Gasteiger partial charge in [-0.25, -0.2) is 4.79 Å². The zero-order chi connectivity index (χ0) is 23.9. The number of aliphatic carboxylic acids is 1. The number of amides is 2. The lowest BCUT2D eigenvalue weighted by atomic mass is 9.92. The van der Waals surface area contributed by atoms with Crippen LogP contribution >= 0.6 is 0 Å². The van der Waals surface area contributed by atoms with Crippen LogP contribution < -0.4 is 10.6 Å². The summed E-state index contributed by atoms with van der Waals surface area (Å²) in [6, 6.07) is 16.0. The number of ether oxygens (including phenoxy) is 2. The van der Waals surface area contributed by atoms with E-state index < -0.39 is 12.1 Å². The highest BCUT2D eigenvalue weighted by molar-refractivity contribution is 5.88. The summed E-state index contributed by atoms with van der Waals surface area (Å²) in [4.78, 5) is 35.4. The first kappa shape index (κ1) is 23.5. The average molecular weight is 465 g/mol. The second-order valence-electron chi connectivity index (χ2n) is 8.45. The average Bonchev–Trinajstić information content (AvgIpc) is 3.15. The molecule has 4 rings (SSSR count). The lowest BCUT2D eigenvalue weighted by Gasteiger charge is -2.30. The molecule has 2 unspecified atom stereocenters. The number of benzene rings is 2. The predicted octanol–water partition coefficient (Wildman–Crippen LogP) is 3.08. The summed E-state index contributed by atoms with van der Waals surface area (Å²) in [5.74, 6) is -1.53. The number of carbonyl (C=O) groups is 3. The number of rotatable bonds is 8. The number of hydrogen-bond donors (Lipinski definition) is 3. The molecular weight excluding hydrogens is 436 g/mol. The Morgan fingerprint density at radius 1 is 1.06 bits per heavy atom. The quantitative estimate of drug-likeness (QED) is 0.518. The Morgan fingerprint density at radius 2 is 1.74 bits per heavy atom. The van der Waals surface area contributed by atoms with Gasteiger partial charge >= 0.3 is 12.1 Å². The first-order valence-corrected chi connectivity index (χ1v) is 11.4. The Bertz CT molecular complexity index is 1040. The Morgan fingerprint density at radius 3 is 2.41 bits per heavy atom. The van der Waals surface area contributed by atoms with E-state index in [0.29, 0.717) is 19.6 Å². The second-order valence-corrected chi connectivity index (χ2v) is 8.45. The van der Waals surface area contributed by atoms with Gasteiger partial charge in [0.2, 0.25) is 5.91 Å². The van der Waals surface area contributed by atoms with Crippen molar-refractivity contribution < 1.29 is 29.0 Å². The maximum absolute atomic E-state index is 12.2. The molecule has 178 valence electrons. The molecule has 1 saturated heterocycles. The Labute approximate surface area is 198 Å². The fourth-order valence-electron chi connectivity index (χ4n) is 4.60. The normalized spacial score (nSPS) is 19.3. The van der Waals surface area contributed by atoms with Gasteiger partial charge in [0, 0.05) is 37.1 Å². The third kappa shape index (κ3) is 5.63. The van der Waals surface area contributed by atoms with Gasteiger partial charge in [-0.2, -0.15) is 0 Å². The van der Waals surface area contributed by atoms with Crippen molar-refractivity contribution in [2.45, 2.75) is 24.8 Å². The van der Waals surface area contributed by atoms with E-state index in [2.05, 4.69) is 34.9 Å². The smallest absolute Gasteiger partial charge is 0.407 e. The number of carbonyl (C=O) groups excluding carboxylic acids is 2. The summed E-state index contributed by atoms with van der Waals surface area (Å²) in [6.07, 6.45) is 2.81. The standard InChI is InChI=1S/C26H28N2O6/c29-24(28-23-11-13-33-15-17(23)14-25(30)31)10-5-12-27-26(32)34-16-22-20-8-3-1-6-18(20)19-7-2-4-9-21(19)22/h1-10,17,22-23H,11-16H2,(H,27,32)(H,28,29)(H,30,31)/b10-5+. The van der Waals surface area contributed by atoms with E-state index in [9.17, 15) is 14.4 Å². The lowest BCUT2D eigenvalue weighted by Crippen LogP contribution is -2.45. The summed E-state index contributed by atoms with van der Waals surface area (Å²) in [6.45, 7) is 1.15. The number of nitrogens with one attached hydrogen (secondary N) is 2. The zero-order valence-electron chi connectivity index (χ0n) is 18.7. The van der Waals surface area contributed by atoms with Crippen molar-refractivity contribution in [2.75, 3.05) is 26.4 Å². The van der Waals surface area contributed by atoms with E-state index >= 15 is 0 Å². The minimum atomic E-state index is -0.919. The summed E-state index contributed by atoms with van der Waals surface area (Å²) in [5.41, 5.74) is 4.61. The molecule has 1 aliphatic carbocycles. The molecule has 3 N–H and O–H groups in total. The van der Waals surface area contributed by atoms with Crippen LogP contribution in [0.4, 0.5) is 4.79 Å². The van der Waals surface area contributed by atoms with Crippen LogP contribution in [0.5, 0.6) is 0 Å². The van der Waals surface area contributed by atoms with Gasteiger partial charge in [0.1, 0.15) is 6.61 Å². The monoisotopic (exact) mass is 464 g/mol. The molecule has 0 aromatic heterocycles. The van der Waals surface area contributed by atoms with Crippen molar-refractivity contribution in [3.8, 4) is 11.1 Å². The number of alkyl carbamates (subject to hydrolysis) is 1. The molecule has 2 aromatic carbocycles. The number of fused-ring (bicyclic) bond motifs is 3. The summed E-state index contributed by atoms with van der Waals surface area (Å²) >= 11 is 0. The van der Waals surface area contributed by atoms with Crippen molar-refractivity contribution in [2.24, 2.45) is 5.92 Å². The van der Waals surface area contributed by atoms with Crippen LogP contribution in [-0.2, 0) is 19.1 Å². The molecule has 2 atom stereocenters. The van der Waals surface area contributed by atoms with Crippen LogP contribution in [-0.4, -0.2) is 55.5 Å². The molecule has 2 aromatic rings. The van der Waals surface area contributed by atoms with E-state index in [1.54, 1.807) is 0 Å². The fourth-order valence-corrected chi connectivity index (χ4v) is 4.60. The van der Waals surface area contributed by atoms with E-state index in [4.69, 9.17) is 14.6 Å². The van der Waals surface area contributed by atoms with Crippen molar-refractivity contribution in [1.29, 1.82) is 0 Å². The van der Waals surface area contributed by atoms with Crippen molar-refractivity contribution >= 4 is 18.0 Å². The van der Waals surface area contributed by atoms with E-state index in [1.807, 2.05) is 24.3 Å². The summed E-state index contributed by atoms with van der Waals surface area (Å²) in [5, 5.41) is 14.5. The third-order valence-corrected chi connectivity index (χ3v) is 6.22. The van der Waals surface area contributed by atoms with Gasteiger partial charge < -0.3 is 25.2 Å².